The Bertz CT molecular complexity index is 900. The summed E-state index contributed by atoms with van der Waals surface area (Å²) in [5.41, 5.74) is 2.17. The van der Waals surface area contributed by atoms with Crippen molar-refractivity contribution >= 4 is 11.6 Å². The first-order valence-corrected chi connectivity index (χ1v) is 12.4. The van der Waals surface area contributed by atoms with Crippen LogP contribution >= 0.6 is 0 Å². The summed E-state index contributed by atoms with van der Waals surface area (Å²) in [7, 11) is 0. The molecule has 5 rings (SSSR count). The molecule has 170 valence electrons. The highest BCUT2D eigenvalue weighted by atomic mass is 16.5. The number of fused-ring (bicyclic) bond motifs is 1. The Hall–Kier alpha value is -2.40. The molecule has 0 bridgehead atoms. The number of pyridine rings is 1. The van der Waals surface area contributed by atoms with Gasteiger partial charge in [-0.15, -0.1) is 0 Å². The number of piperazine rings is 1. The van der Waals surface area contributed by atoms with Crippen LogP contribution in [0.2, 0.25) is 0 Å². The average molecular weight is 434 g/mol. The number of anilines is 1. The van der Waals surface area contributed by atoms with Gasteiger partial charge in [-0.1, -0.05) is 43.2 Å². The third kappa shape index (κ3) is 4.98. The molecule has 0 radical (unpaired) electrons. The molecule has 5 heteroatoms. The first-order chi connectivity index (χ1) is 15.8. The molecule has 1 aromatic heterocycles. The topological polar surface area (TPSA) is 45.7 Å². The Labute approximate surface area is 191 Å². The lowest BCUT2D eigenvalue weighted by Crippen LogP contribution is -2.47. The number of rotatable bonds is 7. The van der Waals surface area contributed by atoms with Crippen molar-refractivity contribution in [2.45, 2.75) is 44.9 Å². The molecule has 1 aromatic carbocycles. The van der Waals surface area contributed by atoms with Crippen molar-refractivity contribution in [3.8, 4) is 5.75 Å². The minimum atomic E-state index is 0.317. The van der Waals surface area contributed by atoms with E-state index in [9.17, 15) is 4.79 Å². The quantitative estimate of drug-likeness (QED) is 0.597. The Morgan fingerprint density at radius 2 is 1.72 bits per heavy atom. The lowest BCUT2D eigenvalue weighted by atomic mass is 9.78. The van der Waals surface area contributed by atoms with E-state index in [-0.39, 0.29) is 0 Å². The van der Waals surface area contributed by atoms with E-state index in [1.165, 1.54) is 44.2 Å². The highest BCUT2D eigenvalue weighted by Crippen LogP contribution is 2.34. The highest BCUT2D eigenvalue weighted by molar-refractivity contribution is 5.96. The van der Waals surface area contributed by atoms with Crippen molar-refractivity contribution < 1.29 is 9.53 Å². The molecule has 2 aromatic rings. The maximum Gasteiger partial charge on any atom is 0.163 e. The zero-order chi connectivity index (χ0) is 21.8. The monoisotopic (exact) mass is 433 g/mol. The second-order valence-electron chi connectivity index (χ2n) is 9.71. The van der Waals surface area contributed by atoms with Gasteiger partial charge in [-0.25, -0.2) is 4.98 Å². The van der Waals surface area contributed by atoms with Gasteiger partial charge in [-0.05, 0) is 43.7 Å². The van der Waals surface area contributed by atoms with Gasteiger partial charge < -0.3 is 9.64 Å². The van der Waals surface area contributed by atoms with Crippen molar-refractivity contribution in [2.24, 2.45) is 11.8 Å². The zero-order valence-corrected chi connectivity index (χ0v) is 19.0. The van der Waals surface area contributed by atoms with Crippen molar-refractivity contribution in [3.63, 3.8) is 0 Å². The number of benzene rings is 1. The fourth-order valence-electron chi connectivity index (χ4n) is 5.65. The molecule has 0 atom stereocenters. The minimum Gasteiger partial charge on any atom is -0.493 e. The maximum absolute atomic E-state index is 12.5. The molecule has 1 aliphatic carbocycles. The molecule has 0 N–H and O–H groups in total. The van der Waals surface area contributed by atoms with E-state index in [0.29, 0.717) is 11.7 Å². The van der Waals surface area contributed by atoms with Gasteiger partial charge in [0.25, 0.3) is 0 Å². The third-order valence-corrected chi connectivity index (χ3v) is 7.66. The van der Waals surface area contributed by atoms with E-state index in [2.05, 4.69) is 14.8 Å². The molecule has 2 fully saturated rings. The number of hydrogen-bond donors (Lipinski definition) is 0. The number of nitrogens with zero attached hydrogens (tertiary/aromatic N) is 3. The number of aromatic nitrogens is 1. The first kappa shape index (κ1) is 21.4. The molecule has 5 nitrogen and oxygen atoms in total. The Morgan fingerprint density at radius 3 is 2.50 bits per heavy atom. The van der Waals surface area contributed by atoms with Crippen LogP contribution in [-0.4, -0.2) is 55.0 Å². The summed E-state index contributed by atoms with van der Waals surface area (Å²) in [4.78, 5) is 22.2. The Morgan fingerprint density at radius 1 is 0.969 bits per heavy atom. The molecule has 0 unspecified atom stereocenters. The SMILES string of the molecule is O=C(CC1CCC(CCN2CCN(c3nccc4c3CCO4)CC2)CC1)c1ccccc1. The summed E-state index contributed by atoms with van der Waals surface area (Å²) in [6.45, 7) is 6.34. The zero-order valence-electron chi connectivity index (χ0n) is 19.0. The molecular weight excluding hydrogens is 398 g/mol. The molecule has 3 aliphatic rings. The largest absolute Gasteiger partial charge is 0.493 e. The minimum absolute atomic E-state index is 0.317. The van der Waals surface area contributed by atoms with Crippen LogP contribution in [0.3, 0.4) is 0 Å². The molecule has 0 spiro atoms. The van der Waals surface area contributed by atoms with Crippen LogP contribution < -0.4 is 9.64 Å². The van der Waals surface area contributed by atoms with E-state index >= 15 is 0 Å². The summed E-state index contributed by atoms with van der Waals surface area (Å²) in [5, 5.41) is 0. The first-order valence-electron chi connectivity index (χ1n) is 12.4. The van der Waals surface area contributed by atoms with E-state index < -0.39 is 0 Å². The predicted molar refractivity (Wildman–Crippen MR) is 128 cm³/mol. The van der Waals surface area contributed by atoms with Crippen LogP contribution in [0.1, 0.15) is 54.4 Å². The van der Waals surface area contributed by atoms with E-state index in [1.54, 1.807) is 0 Å². The number of carbonyl (C=O) groups is 1. The van der Waals surface area contributed by atoms with Gasteiger partial charge in [-0.3, -0.25) is 9.69 Å². The summed E-state index contributed by atoms with van der Waals surface area (Å²) < 4.78 is 5.71. The van der Waals surface area contributed by atoms with Gasteiger partial charge in [0.05, 0.1) is 6.61 Å². The second-order valence-corrected chi connectivity index (χ2v) is 9.71. The maximum atomic E-state index is 12.5. The van der Waals surface area contributed by atoms with Crippen molar-refractivity contribution in [3.05, 3.63) is 53.7 Å². The number of hydrogen-bond acceptors (Lipinski definition) is 5. The molecule has 3 heterocycles. The van der Waals surface area contributed by atoms with E-state index in [0.717, 1.165) is 68.7 Å². The fraction of sp³-hybridized carbons (Fsp3) is 0.556. The standard InChI is InChI=1S/C27H35N3O2/c31-25(23-4-2-1-3-5-23)20-22-8-6-21(7-9-22)11-14-29-15-17-30(18-16-29)27-24-12-19-32-26(24)10-13-28-27/h1-5,10,13,21-22H,6-9,11-12,14-20H2. The smallest absolute Gasteiger partial charge is 0.163 e. The highest BCUT2D eigenvalue weighted by Gasteiger charge is 2.26. The van der Waals surface area contributed by atoms with Crippen molar-refractivity contribution in [1.29, 1.82) is 0 Å². The van der Waals surface area contributed by atoms with Gasteiger partial charge >= 0.3 is 0 Å². The van der Waals surface area contributed by atoms with Crippen LogP contribution in [0.25, 0.3) is 0 Å². The van der Waals surface area contributed by atoms with Gasteiger partial charge in [-0.2, -0.15) is 0 Å². The normalized spacial score (nSPS) is 23.6. The molecule has 1 saturated carbocycles. The van der Waals surface area contributed by atoms with Gasteiger partial charge in [0.15, 0.2) is 5.78 Å². The molecule has 2 aliphatic heterocycles. The lowest BCUT2D eigenvalue weighted by molar-refractivity contribution is 0.0940. The Kier molecular flexibility index (Phi) is 6.72. The molecule has 32 heavy (non-hydrogen) atoms. The molecular formula is C27H35N3O2. The number of ketones is 1. The predicted octanol–water partition coefficient (Wildman–Crippen LogP) is 4.61. The van der Waals surface area contributed by atoms with E-state index in [4.69, 9.17) is 4.74 Å². The summed E-state index contributed by atoms with van der Waals surface area (Å²) in [6.07, 6.45) is 9.88. The van der Waals surface area contributed by atoms with Gasteiger partial charge in [0.1, 0.15) is 11.6 Å². The summed E-state index contributed by atoms with van der Waals surface area (Å²) >= 11 is 0. The van der Waals surface area contributed by atoms with Crippen LogP contribution in [0.15, 0.2) is 42.6 Å². The van der Waals surface area contributed by atoms with Crippen molar-refractivity contribution in [2.75, 3.05) is 44.2 Å². The van der Waals surface area contributed by atoms with Crippen LogP contribution in [-0.2, 0) is 6.42 Å². The van der Waals surface area contributed by atoms with Gasteiger partial charge in [0.2, 0.25) is 0 Å². The molecule has 0 amide bonds. The van der Waals surface area contributed by atoms with Crippen LogP contribution in [0.4, 0.5) is 5.82 Å². The second kappa shape index (κ2) is 10.0. The molecule has 1 saturated heterocycles. The summed E-state index contributed by atoms with van der Waals surface area (Å²) in [5.74, 6) is 3.89. The number of carbonyl (C=O) groups excluding carboxylic acids is 1. The van der Waals surface area contributed by atoms with Crippen molar-refractivity contribution in [1.82, 2.24) is 9.88 Å². The van der Waals surface area contributed by atoms with E-state index in [1.807, 2.05) is 42.6 Å². The van der Waals surface area contributed by atoms with Crippen LogP contribution in [0.5, 0.6) is 5.75 Å². The Balaban J connectivity index is 1.02. The lowest BCUT2D eigenvalue weighted by Gasteiger charge is -2.37. The number of Topliss-reactive ketones (excluding diaryl/α,β-unsaturated/α-hetero) is 1. The average Bonchev–Trinajstić information content (AvgIpc) is 3.34. The van der Waals surface area contributed by atoms with Gasteiger partial charge in [0, 0.05) is 56.3 Å². The fourth-order valence-corrected chi connectivity index (χ4v) is 5.65. The van der Waals surface area contributed by atoms with Crippen LogP contribution in [0, 0.1) is 11.8 Å². The summed E-state index contributed by atoms with van der Waals surface area (Å²) in [6, 6.07) is 11.8. The third-order valence-electron chi connectivity index (χ3n) is 7.66. The number of ether oxygens (including phenoxy) is 1.